The molecule has 15 heavy (non-hydrogen) atoms. The van der Waals surface area contributed by atoms with Gasteiger partial charge in [-0.15, -0.1) is 0 Å². The first-order valence-electron chi connectivity index (χ1n) is 3.94. The molecular weight excluding hydrogens is 231 g/mol. The van der Waals surface area contributed by atoms with Crippen molar-refractivity contribution >= 4 is 30.0 Å². The second kappa shape index (κ2) is 4.14. The third-order valence-electron chi connectivity index (χ3n) is 1.77. The summed E-state index contributed by atoms with van der Waals surface area (Å²) < 4.78 is 41.8. The molecule has 0 N–H and O–H groups in total. The van der Waals surface area contributed by atoms with E-state index in [9.17, 15) is 17.7 Å². The molecule has 0 atom stereocenters. The number of ether oxygens (including phenoxy) is 1. The van der Waals surface area contributed by atoms with Crippen molar-refractivity contribution in [2.75, 3.05) is 7.11 Å². The summed E-state index contributed by atoms with van der Waals surface area (Å²) in [5, 5.41) is -0.0724. The summed E-state index contributed by atoms with van der Waals surface area (Å²) in [6.07, 6.45) is 0. The van der Waals surface area contributed by atoms with Gasteiger partial charge in [0, 0.05) is 10.6 Å². The predicted molar refractivity (Wildman–Crippen MR) is 51.5 cm³/mol. The van der Waals surface area contributed by atoms with Crippen LogP contribution in [-0.4, -0.2) is 20.1 Å². The summed E-state index contributed by atoms with van der Waals surface area (Å²) in [4.78, 5) is 11.0. The van der Waals surface area contributed by atoms with Crippen LogP contribution >= 0.6 is 11.6 Å². The molecule has 0 aliphatic rings. The van der Waals surface area contributed by atoms with Gasteiger partial charge in [0.1, 0.15) is 0 Å². The standard InChI is InChI=1S/C8H6BClF3O2/c1-15-8(14)6-3-2-5(10)4-7(6)9(11,12)13/h2-4H,1H3/q-1. The van der Waals surface area contributed by atoms with Gasteiger partial charge in [-0.2, -0.15) is 0 Å². The maximum Gasteiger partial charge on any atom is 0.510 e. The molecule has 1 aromatic rings. The lowest BCUT2D eigenvalue weighted by Gasteiger charge is -2.18. The number of hydrogen-bond donors (Lipinski definition) is 0. The van der Waals surface area contributed by atoms with E-state index in [1.165, 1.54) is 6.07 Å². The van der Waals surface area contributed by atoms with Crippen LogP contribution in [0.25, 0.3) is 0 Å². The largest absolute Gasteiger partial charge is 0.510 e. The first kappa shape index (κ1) is 11.9. The van der Waals surface area contributed by atoms with Gasteiger partial charge in [0.2, 0.25) is 0 Å². The van der Waals surface area contributed by atoms with Gasteiger partial charge in [-0.1, -0.05) is 23.1 Å². The van der Waals surface area contributed by atoms with Gasteiger partial charge in [-0.3, -0.25) is 0 Å². The average molecular weight is 237 g/mol. The van der Waals surface area contributed by atoms with E-state index in [1.807, 2.05) is 0 Å². The van der Waals surface area contributed by atoms with Gasteiger partial charge >= 0.3 is 12.9 Å². The molecule has 0 bridgehead atoms. The van der Waals surface area contributed by atoms with Gasteiger partial charge in [0.25, 0.3) is 0 Å². The number of rotatable bonds is 2. The molecule has 1 rings (SSSR count). The van der Waals surface area contributed by atoms with Crippen LogP contribution in [-0.2, 0) is 4.74 Å². The maximum absolute atomic E-state index is 12.5. The molecule has 1 aromatic carbocycles. The minimum atomic E-state index is -5.28. The molecule has 0 aliphatic carbocycles. The molecule has 0 amide bonds. The van der Waals surface area contributed by atoms with Crippen LogP contribution in [0.3, 0.4) is 0 Å². The van der Waals surface area contributed by atoms with Gasteiger partial charge in [0.05, 0.1) is 7.11 Å². The van der Waals surface area contributed by atoms with Crippen LogP contribution in [0.5, 0.6) is 0 Å². The van der Waals surface area contributed by atoms with Gasteiger partial charge in [0.15, 0.2) is 0 Å². The van der Waals surface area contributed by atoms with E-state index in [-0.39, 0.29) is 5.02 Å². The summed E-state index contributed by atoms with van der Waals surface area (Å²) in [6.45, 7) is -5.28. The Labute approximate surface area is 89.0 Å². The van der Waals surface area contributed by atoms with E-state index in [0.29, 0.717) is 6.07 Å². The third kappa shape index (κ3) is 2.65. The minimum absolute atomic E-state index is 0.0724. The van der Waals surface area contributed by atoms with Crippen molar-refractivity contribution in [2.24, 2.45) is 0 Å². The van der Waals surface area contributed by atoms with E-state index in [0.717, 1.165) is 13.2 Å². The fourth-order valence-corrected chi connectivity index (χ4v) is 1.28. The van der Waals surface area contributed by atoms with Crippen LogP contribution < -0.4 is 5.46 Å². The Morgan fingerprint density at radius 1 is 1.40 bits per heavy atom. The Kier molecular flexibility index (Phi) is 3.29. The lowest BCUT2D eigenvalue weighted by Crippen LogP contribution is -2.38. The Bertz CT molecular complexity index is 392. The van der Waals surface area contributed by atoms with Crippen molar-refractivity contribution in [3.05, 3.63) is 28.8 Å². The van der Waals surface area contributed by atoms with Crippen LogP contribution in [0, 0.1) is 0 Å². The predicted octanol–water partition coefficient (Wildman–Crippen LogP) is 2.18. The molecule has 0 aromatic heterocycles. The molecule has 0 spiro atoms. The van der Waals surface area contributed by atoms with Crippen molar-refractivity contribution in [3.8, 4) is 0 Å². The molecule has 82 valence electrons. The fraction of sp³-hybridized carbons (Fsp3) is 0.125. The zero-order valence-corrected chi connectivity index (χ0v) is 8.39. The average Bonchev–Trinajstić information content (AvgIpc) is 2.15. The van der Waals surface area contributed by atoms with Crippen LogP contribution in [0.4, 0.5) is 12.9 Å². The summed E-state index contributed by atoms with van der Waals surface area (Å²) in [5.74, 6) is -1.03. The highest BCUT2D eigenvalue weighted by atomic mass is 35.5. The molecular formula is C8H6BClF3O2-. The Hall–Kier alpha value is -1.17. The van der Waals surface area contributed by atoms with Crippen LogP contribution in [0.2, 0.25) is 5.02 Å². The van der Waals surface area contributed by atoms with Crippen LogP contribution in [0.1, 0.15) is 10.4 Å². The zero-order valence-electron chi connectivity index (χ0n) is 7.64. The Morgan fingerprint density at radius 3 is 2.47 bits per heavy atom. The molecule has 0 saturated heterocycles. The van der Waals surface area contributed by atoms with Crippen molar-refractivity contribution in [1.82, 2.24) is 0 Å². The first-order valence-corrected chi connectivity index (χ1v) is 4.31. The second-order valence-electron chi connectivity index (χ2n) is 2.80. The number of carbonyl (C=O) groups excluding carboxylic acids is 1. The number of halogens is 4. The normalized spacial score (nSPS) is 11.3. The highest BCUT2D eigenvalue weighted by Gasteiger charge is 2.30. The van der Waals surface area contributed by atoms with Gasteiger partial charge < -0.3 is 17.7 Å². The molecule has 0 fully saturated rings. The smallest absolute Gasteiger partial charge is 0.465 e. The van der Waals surface area contributed by atoms with Crippen molar-refractivity contribution in [1.29, 1.82) is 0 Å². The molecule has 0 aliphatic heterocycles. The number of esters is 1. The van der Waals surface area contributed by atoms with E-state index in [2.05, 4.69) is 4.74 Å². The number of methoxy groups -OCH3 is 1. The molecule has 0 saturated carbocycles. The highest BCUT2D eigenvalue weighted by Crippen LogP contribution is 2.17. The maximum atomic E-state index is 12.5. The monoisotopic (exact) mass is 237 g/mol. The molecule has 2 nitrogen and oxygen atoms in total. The summed E-state index contributed by atoms with van der Waals surface area (Å²) in [7, 11) is 1.02. The molecule has 0 unspecified atom stereocenters. The summed E-state index contributed by atoms with van der Waals surface area (Å²) in [5.41, 5.74) is -1.55. The van der Waals surface area contributed by atoms with Crippen LogP contribution in [0.15, 0.2) is 18.2 Å². The highest BCUT2D eigenvalue weighted by molar-refractivity contribution is 6.74. The fourth-order valence-electron chi connectivity index (χ4n) is 1.10. The quantitative estimate of drug-likeness (QED) is 0.582. The van der Waals surface area contributed by atoms with Crippen molar-refractivity contribution < 1.29 is 22.5 Å². The molecule has 7 heteroatoms. The van der Waals surface area contributed by atoms with Gasteiger partial charge in [-0.05, 0) is 12.1 Å². The third-order valence-corrected chi connectivity index (χ3v) is 2.01. The molecule has 0 heterocycles. The first-order chi connectivity index (χ1) is 6.86. The topological polar surface area (TPSA) is 26.3 Å². The number of carbonyl (C=O) groups is 1. The number of benzene rings is 1. The lowest BCUT2D eigenvalue weighted by atomic mass is 9.77. The van der Waals surface area contributed by atoms with E-state index in [1.54, 1.807) is 0 Å². The summed E-state index contributed by atoms with van der Waals surface area (Å²) >= 11 is 5.43. The van der Waals surface area contributed by atoms with E-state index >= 15 is 0 Å². The molecule has 0 radical (unpaired) electrons. The summed E-state index contributed by atoms with van der Waals surface area (Å²) in [6, 6.07) is 2.92. The Morgan fingerprint density at radius 2 is 2.00 bits per heavy atom. The lowest BCUT2D eigenvalue weighted by molar-refractivity contribution is 0.0601. The minimum Gasteiger partial charge on any atom is -0.465 e. The SMILES string of the molecule is COC(=O)c1ccc(Cl)cc1[B-](F)(F)F. The Balaban J connectivity index is 3.33. The van der Waals surface area contributed by atoms with Gasteiger partial charge in [-0.25, -0.2) is 4.79 Å². The number of hydrogen-bond acceptors (Lipinski definition) is 2. The second-order valence-corrected chi connectivity index (χ2v) is 3.23. The van der Waals surface area contributed by atoms with Crippen molar-refractivity contribution in [3.63, 3.8) is 0 Å². The van der Waals surface area contributed by atoms with E-state index in [4.69, 9.17) is 11.6 Å². The van der Waals surface area contributed by atoms with E-state index < -0.39 is 24.0 Å². The zero-order chi connectivity index (χ0) is 11.6. The van der Waals surface area contributed by atoms with Crippen molar-refractivity contribution in [2.45, 2.75) is 0 Å².